The fraction of sp³-hybridized carbons (Fsp3) is 0.579. The standard InChI is InChI=1S/C19H22F3N3O4/c1-17(2,3)12-7-8-15-14(10-12)18(27,19(20,21)22)24(23-15)16(26)11-5-4-6-13(9-11)25(28)29/h4-6,9,12,14,27H,7-8,10H2,1-3H3/t12-,14-,18-/m1/s1. The monoisotopic (exact) mass is 413 g/mol. The lowest BCUT2D eigenvalue weighted by Gasteiger charge is -2.42. The molecule has 1 aliphatic carbocycles. The van der Waals surface area contributed by atoms with Crippen LogP contribution in [0.3, 0.4) is 0 Å². The van der Waals surface area contributed by atoms with Crippen LogP contribution in [0.25, 0.3) is 0 Å². The fourth-order valence-corrected chi connectivity index (χ4v) is 4.08. The number of rotatable bonds is 2. The second-order valence-corrected chi connectivity index (χ2v) is 8.63. The van der Waals surface area contributed by atoms with Crippen LogP contribution in [-0.4, -0.2) is 38.6 Å². The van der Waals surface area contributed by atoms with Gasteiger partial charge in [-0.3, -0.25) is 14.9 Å². The number of amides is 1. The molecule has 7 nitrogen and oxygen atoms in total. The Morgan fingerprint density at radius 3 is 2.55 bits per heavy atom. The number of nitrogens with zero attached hydrogens (tertiary/aromatic N) is 3. The molecule has 3 rings (SSSR count). The van der Waals surface area contributed by atoms with Crippen molar-refractivity contribution in [1.29, 1.82) is 0 Å². The lowest BCUT2D eigenvalue weighted by atomic mass is 9.66. The smallest absolute Gasteiger partial charge is 0.362 e. The maximum absolute atomic E-state index is 14.0. The number of nitro benzene ring substituents is 1. The highest BCUT2D eigenvalue weighted by atomic mass is 19.4. The van der Waals surface area contributed by atoms with E-state index in [0.717, 1.165) is 18.2 Å². The van der Waals surface area contributed by atoms with Gasteiger partial charge in [-0.1, -0.05) is 26.8 Å². The third-order valence-corrected chi connectivity index (χ3v) is 5.85. The minimum Gasteiger partial charge on any atom is -0.362 e. The van der Waals surface area contributed by atoms with E-state index in [1.54, 1.807) is 0 Å². The van der Waals surface area contributed by atoms with Crippen molar-refractivity contribution in [2.24, 2.45) is 22.4 Å². The molecule has 1 aromatic carbocycles. The number of hydrogen-bond acceptors (Lipinski definition) is 5. The Morgan fingerprint density at radius 1 is 1.34 bits per heavy atom. The predicted molar refractivity (Wildman–Crippen MR) is 98.0 cm³/mol. The summed E-state index contributed by atoms with van der Waals surface area (Å²) in [6.07, 6.45) is -4.27. The van der Waals surface area contributed by atoms with Gasteiger partial charge in [0.2, 0.25) is 0 Å². The Morgan fingerprint density at radius 2 is 2.00 bits per heavy atom. The number of alkyl halides is 3. The second-order valence-electron chi connectivity index (χ2n) is 8.63. The fourth-order valence-electron chi connectivity index (χ4n) is 4.08. The van der Waals surface area contributed by atoms with Crippen molar-refractivity contribution in [3.63, 3.8) is 0 Å². The summed E-state index contributed by atoms with van der Waals surface area (Å²) in [4.78, 5) is 23.0. The number of hydrazone groups is 1. The molecule has 29 heavy (non-hydrogen) atoms. The van der Waals surface area contributed by atoms with Crippen molar-refractivity contribution in [3.05, 3.63) is 39.9 Å². The number of halogens is 3. The molecule has 1 amide bonds. The van der Waals surface area contributed by atoms with E-state index < -0.39 is 34.3 Å². The van der Waals surface area contributed by atoms with Gasteiger partial charge in [-0.15, -0.1) is 0 Å². The van der Waals surface area contributed by atoms with Crippen molar-refractivity contribution in [2.45, 2.75) is 51.9 Å². The first kappa shape index (κ1) is 21.2. The number of fused-ring (bicyclic) bond motifs is 1. The molecule has 0 radical (unpaired) electrons. The minimum atomic E-state index is -5.15. The number of aliphatic hydroxyl groups is 1. The Bertz CT molecular complexity index is 878. The van der Waals surface area contributed by atoms with E-state index in [1.165, 1.54) is 6.07 Å². The summed E-state index contributed by atoms with van der Waals surface area (Å²) in [6.45, 7) is 5.77. The van der Waals surface area contributed by atoms with E-state index in [9.17, 15) is 33.2 Å². The number of carbonyl (C=O) groups is 1. The molecule has 1 aliphatic heterocycles. The Kier molecular flexibility index (Phi) is 4.97. The third-order valence-electron chi connectivity index (χ3n) is 5.85. The molecule has 1 heterocycles. The van der Waals surface area contributed by atoms with Crippen molar-refractivity contribution in [1.82, 2.24) is 5.01 Å². The van der Waals surface area contributed by atoms with E-state index in [-0.39, 0.29) is 40.5 Å². The first-order valence-corrected chi connectivity index (χ1v) is 9.22. The molecule has 2 aliphatic rings. The molecule has 0 aromatic heterocycles. The zero-order valence-corrected chi connectivity index (χ0v) is 16.2. The Labute approximate surface area is 165 Å². The highest BCUT2D eigenvalue weighted by Crippen LogP contribution is 2.52. The quantitative estimate of drug-likeness (QED) is 0.583. The summed E-state index contributed by atoms with van der Waals surface area (Å²) in [6, 6.07) is 4.35. The molecule has 10 heteroatoms. The van der Waals surface area contributed by atoms with Gasteiger partial charge in [-0.2, -0.15) is 23.3 Å². The lowest BCUT2D eigenvalue weighted by Crippen LogP contribution is -2.62. The van der Waals surface area contributed by atoms with E-state index in [2.05, 4.69) is 5.10 Å². The summed E-state index contributed by atoms with van der Waals surface area (Å²) in [5.74, 6) is -2.70. The van der Waals surface area contributed by atoms with Gasteiger partial charge in [0, 0.05) is 23.4 Å². The molecule has 1 saturated carbocycles. The molecule has 1 aromatic rings. The molecule has 0 bridgehead atoms. The highest BCUT2D eigenvalue weighted by Gasteiger charge is 2.69. The van der Waals surface area contributed by atoms with Gasteiger partial charge in [0.05, 0.1) is 10.8 Å². The molecule has 1 fully saturated rings. The number of nitro groups is 1. The zero-order valence-electron chi connectivity index (χ0n) is 16.2. The average molecular weight is 413 g/mol. The third kappa shape index (κ3) is 3.50. The van der Waals surface area contributed by atoms with Gasteiger partial charge >= 0.3 is 6.18 Å². The van der Waals surface area contributed by atoms with Crippen molar-refractivity contribution >= 4 is 17.3 Å². The SMILES string of the molecule is CC(C)(C)[C@@H]1CCC2=NN(C(=O)c3cccc([N+](=O)[O-])c3)[C@](O)(C(F)(F)F)[C@@H]2C1. The van der Waals surface area contributed by atoms with Crippen LogP contribution >= 0.6 is 0 Å². The number of benzene rings is 1. The van der Waals surface area contributed by atoms with Crippen LogP contribution in [0.15, 0.2) is 29.4 Å². The van der Waals surface area contributed by atoms with Gasteiger partial charge in [0.15, 0.2) is 0 Å². The van der Waals surface area contributed by atoms with Crippen molar-refractivity contribution in [3.8, 4) is 0 Å². The summed E-state index contributed by atoms with van der Waals surface area (Å²) >= 11 is 0. The molecule has 3 atom stereocenters. The van der Waals surface area contributed by atoms with E-state index in [1.807, 2.05) is 20.8 Å². The van der Waals surface area contributed by atoms with Crippen molar-refractivity contribution in [2.75, 3.05) is 0 Å². The van der Waals surface area contributed by atoms with Gasteiger partial charge in [-0.05, 0) is 36.7 Å². The zero-order chi connectivity index (χ0) is 21.8. The first-order chi connectivity index (χ1) is 13.3. The molecular formula is C19H22F3N3O4. The maximum Gasteiger partial charge on any atom is 0.439 e. The molecule has 1 N–H and O–H groups in total. The summed E-state index contributed by atoms with van der Waals surface area (Å²) in [7, 11) is 0. The Hall–Kier alpha value is -2.49. The molecule has 0 spiro atoms. The maximum atomic E-state index is 14.0. The van der Waals surface area contributed by atoms with E-state index in [4.69, 9.17) is 0 Å². The van der Waals surface area contributed by atoms with Crippen LogP contribution in [-0.2, 0) is 0 Å². The van der Waals surface area contributed by atoms with Crippen LogP contribution in [0, 0.1) is 27.4 Å². The van der Waals surface area contributed by atoms with Gasteiger partial charge in [0.25, 0.3) is 17.3 Å². The second kappa shape index (κ2) is 6.79. The van der Waals surface area contributed by atoms with Crippen LogP contribution in [0.1, 0.15) is 50.4 Å². The summed E-state index contributed by atoms with van der Waals surface area (Å²) < 4.78 is 42.1. The van der Waals surface area contributed by atoms with Crippen LogP contribution < -0.4 is 0 Å². The van der Waals surface area contributed by atoms with Crippen molar-refractivity contribution < 1.29 is 28.0 Å². The number of carbonyl (C=O) groups excluding carboxylic acids is 1. The number of non-ortho nitro benzene ring substituents is 1. The van der Waals surface area contributed by atoms with Crippen LogP contribution in [0.4, 0.5) is 18.9 Å². The molecule has 0 saturated heterocycles. The first-order valence-electron chi connectivity index (χ1n) is 9.22. The van der Waals surface area contributed by atoms with E-state index >= 15 is 0 Å². The summed E-state index contributed by atoms with van der Waals surface area (Å²) in [5, 5.41) is 25.7. The van der Waals surface area contributed by atoms with Gasteiger partial charge in [-0.25, -0.2) is 0 Å². The summed E-state index contributed by atoms with van der Waals surface area (Å²) in [5.41, 5.74) is -4.42. The molecule has 158 valence electrons. The molecular weight excluding hydrogens is 391 g/mol. The Balaban J connectivity index is 2.03. The van der Waals surface area contributed by atoms with Crippen LogP contribution in [0.2, 0.25) is 0 Å². The lowest BCUT2D eigenvalue weighted by molar-refractivity contribution is -0.384. The minimum absolute atomic E-state index is 0.0388. The largest absolute Gasteiger partial charge is 0.439 e. The van der Waals surface area contributed by atoms with E-state index in [0.29, 0.717) is 6.42 Å². The molecule has 0 unspecified atom stereocenters. The number of hydrogen-bond donors (Lipinski definition) is 1. The van der Waals surface area contributed by atoms with Gasteiger partial charge < -0.3 is 5.11 Å². The average Bonchev–Trinajstić information content (AvgIpc) is 2.94. The highest BCUT2D eigenvalue weighted by molar-refractivity contribution is 5.99. The van der Waals surface area contributed by atoms with Gasteiger partial charge in [0.1, 0.15) is 0 Å². The normalized spacial score (nSPS) is 27.4. The predicted octanol–water partition coefficient (Wildman–Crippen LogP) is 4.12. The topological polar surface area (TPSA) is 96.0 Å². The van der Waals surface area contributed by atoms with Crippen LogP contribution in [0.5, 0.6) is 0 Å².